The Hall–Kier alpha value is -3.01. The highest BCUT2D eigenvalue weighted by atomic mass is 16.8. The molecule has 0 bridgehead atoms. The average Bonchev–Trinajstić information content (AvgIpc) is 4.06. The van der Waals surface area contributed by atoms with E-state index >= 15 is 0 Å². The standard InChI is InChI=1S/C51H89N5O17.2C2H4O/c1-15-33-40(70-48(9,10)68-33)42-38(52)32(57)22-50(72-42,46(58)60-13)63-25-37-29(6)27(4)31(8)45(67-37)65-35-23-51(47(59)61-14,73-43(39(35)53)41-34(16-2)69-49(11,12)71-41)64-24-36-28(5)26(3)30(7)44(66-36)62-21-19-17-18-20-55-56-54;2*1-2-3/h26-45,57H,15-25,52-53H2,1-14H3;2*2H,1H3/t26-,27-,28+,29+,30?,31?,32+,33+,34+,35+,36?,37?,38+,39+,40+,41+,42?,43?,44-,45-,50+,51+;;/m0../s1. The zero-order chi connectivity index (χ0) is 59.2. The van der Waals surface area contributed by atoms with Gasteiger partial charge in [0, 0.05) is 42.7 Å². The van der Waals surface area contributed by atoms with E-state index in [1.165, 1.54) is 28.1 Å². The molecule has 0 aromatic carbocycles. The number of ether oxygens (including phenoxy) is 14. The molecule has 22 atom stereocenters. The SMILES string of the molecule is CC=O.CC=O.CC[C@H]1OC(C)(C)O[C@H]1C1O[C@@](OCC2O[C@H](O[C@@H]3C[C@](OCC4O[C@H](OCCCCCN=[N+]=[N-])C(C)[C@@H](C)[C@H]4C)(C(=O)OC)OC([C@@H]4OC(C)(C)O[C@@H]4CC)[C@@H]3N)C(C)[C@@H](C)[C@H]2C)(C(=O)OC)C[C@@H](O)[C@H]1N. The molecule has 0 amide bonds. The lowest BCUT2D eigenvalue weighted by Crippen LogP contribution is -2.68. The second-order valence-corrected chi connectivity index (χ2v) is 22.8. The highest BCUT2D eigenvalue weighted by Gasteiger charge is 2.62. The normalized spacial score (nSPS) is 41.5. The third-order valence-corrected chi connectivity index (χ3v) is 16.6. The van der Waals surface area contributed by atoms with Gasteiger partial charge in [-0.2, -0.15) is 0 Å². The molecule has 6 unspecified atom stereocenters. The maximum absolute atomic E-state index is 14.4. The number of aliphatic hydroxyl groups is 1. The second kappa shape index (κ2) is 30.5. The zero-order valence-corrected chi connectivity index (χ0v) is 49.8. The molecule has 0 aromatic rings. The van der Waals surface area contributed by atoms with Crippen molar-refractivity contribution in [1.29, 1.82) is 0 Å². The number of aliphatic hydroxyl groups excluding tert-OH is 1. The first-order valence-corrected chi connectivity index (χ1v) is 28.3. The minimum absolute atomic E-state index is 0.00767. The lowest BCUT2D eigenvalue weighted by molar-refractivity contribution is -0.350. The van der Waals surface area contributed by atoms with Crippen molar-refractivity contribution >= 4 is 24.5 Å². The predicted molar refractivity (Wildman–Crippen MR) is 285 cm³/mol. The summed E-state index contributed by atoms with van der Waals surface area (Å²) in [5.41, 5.74) is 22.4. The summed E-state index contributed by atoms with van der Waals surface area (Å²) in [4.78, 5) is 48.6. The van der Waals surface area contributed by atoms with Gasteiger partial charge in [0.05, 0.1) is 76.1 Å². The summed E-state index contributed by atoms with van der Waals surface area (Å²) in [5, 5.41) is 15.0. The number of methoxy groups -OCH3 is 2. The number of carbonyl (C=O) groups is 4. The molecule has 24 heteroatoms. The molecule has 24 nitrogen and oxygen atoms in total. The number of carbonyl (C=O) groups excluding carboxylic acids is 4. The monoisotopic (exact) mass is 1130 g/mol. The van der Waals surface area contributed by atoms with Crippen molar-refractivity contribution in [2.45, 2.75) is 251 Å². The molecule has 6 fully saturated rings. The molecule has 6 aliphatic heterocycles. The summed E-state index contributed by atoms with van der Waals surface area (Å²) in [6, 6.07) is -1.83. The third kappa shape index (κ3) is 16.8. The van der Waals surface area contributed by atoms with Crippen LogP contribution in [-0.2, 0) is 85.5 Å². The number of azide groups is 1. The van der Waals surface area contributed by atoms with E-state index < -0.39 is 121 Å². The third-order valence-electron chi connectivity index (χ3n) is 16.6. The van der Waals surface area contributed by atoms with Crippen LogP contribution in [0.2, 0.25) is 0 Å². The van der Waals surface area contributed by atoms with Crippen molar-refractivity contribution < 1.29 is 90.6 Å². The molecule has 0 saturated carbocycles. The fourth-order valence-corrected chi connectivity index (χ4v) is 11.5. The molecule has 0 aromatic heterocycles. The summed E-state index contributed by atoms with van der Waals surface area (Å²) in [7, 11) is 2.49. The van der Waals surface area contributed by atoms with Gasteiger partial charge in [-0.05, 0) is 96.4 Å². The minimum atomic E-state index is -2.08. The van der Waals surface area contributed by atoms with Crippen molar-refractivity contribution in [3.8, 4) is 0 Å². The van der Waals surface area contributed by atoms with Crippen LogP contribution in [0.1, 0.15) is 142 Å². The van der Waals surface area contributed by atoms with Crippen LogP contribution in [-0.4, -0.2) is 179 Å². The number of nitrogens with zero attached hydrogens (tertiary/aromatic N) is 3. The lowest BCUT2D eigenvalue weighted by Gasteiger charge is -2.51. The summed E-state index contributed by atoms with van der Waals surface area (Å²) >= 11 is 0. The van der Waals surface area contributed by atoms with Gasteiger partial charge in [-0.1, -0.05) is 66.9 Å². The number of esters is 2. The van der Waals surface area contributed by atoms with E-state index in [0.29, 0.717) is 26.0 Å². The van der Waals surface area contributed by atoms with Gasteiger partial charge in [-0.15, -0.1) is 0 Å². The van der Waals surface area contributed by atoms with Crippen LogP contribution in [0, 0.1) is 35.5 Å². The molecule has 0 radical (unpaired) electrons. The number of unbranched alkanes of at least 4 members (excludes halogenated alkanes) is 2. The second-order valence-electron chi connectivity index (χ2n) is 22.8. The first-order valence-electron chi connectivity index (χ1n) is 28.3. The molecule has 6 saturated heterocycles. The van der Waals surface area contributed by atoms with Crippen molar-refractivity contribution in [3.05, 3.63) is 10.4 Å². The van der Waals surface area contributed by atoms with Gasteiger partial charge >= 0.3 is 11.9 Å². The number of aldehydes is 2. The van der Waals surface area contributed by atoms with Gasteiger partial charge in [0.2, 0.25) is 0 Å². The molecule has 0 spiro atoms. The van der Waals surface area contributed by atoms with E-state index in [4.69, 9.17) is 92.9 Å². The highest BCUT2D eigenvalue weighted by molar-refractivity contribution is 5.78. The molecule has 6 heterocycles. The van der Waals surface area contributed by atoms with E-state index in [1.807, 2.05) is 41.5 Å². The molecule has 79 heavy (non-hydrogen) atoms. The topological polar surface area (TPSA) is 319 Å². The van der Waals surface area contributed by atoms with E-state index in [-0.39, 0.29) is 61.6 Å². The van der Waals surface area contributed by atoms with Gasteiger partial charge in [-0.3, -0.25) is 0 Å². The van der Waals surface area contributed by atoms with Gasteiger partial charge < -0.3 is 92.5 Å². The molecule has 6 rings (SSSR count). The van der Waals surface area contributed by atoms with Gasteiger partial charge in [-0.25, -0.2) is 9.59 Å². The van der Waals surface area contributed by atoms with E-state index in [2.05, 4.69) is 37.7 Å². The van der Waals surface area contributed by atoms with Crippen LogP contribution in [0.15, 0.2) is 5.11 Å². The Morgan fingerprint density at radius 2 is 1.08 bits per heavy atom. The van der Waals surface area contributed by atoms with Crippen molar-refractivity contribution in [2.75, 3.05) is 40.6 Å². The first-order chi connectivity index (χ1) is 37.2. The molecular formula is C55H97N5O19. The van der Waals surface area contributed by atoms with Gasteiger partial charge in [0.25, 0.3) is 11.6 Å². The summed E-state index contributed by atoms with van der Waals surface area (Å²) in [5.74, 6) is -7.91. The Labute approximate surface area is 467 Å². The van der Waals surface area contributed by atoms with Crippen LogP contribution in [0.4, 0.5) is 0 Å². The molecule has 456 valence electrons. The van der Waals surface area contributed by atoms with Crippen LogP contribution >= 0.6 is 0 Å². The Morgan fingerprint density at radius 1 is 0.633 bits per heavy atom. The average molecular weight is 1130 g/mol. The number of hydrogen-bond donors (Lipinski definition) is 3. The Morgan fingerprint density at radius 3 is 1.53 bits per heavy atom. The van der Waals surface area contributed by atoms with Crippen molar-refractivity contribution in [1.82, 2.24) is 0 Å². The largest absolute Gasteiger partial charge is 0.465 e. The van der Waals surface area contributed by atoms with Gasteiger partial charge in [0.15, 0.2) is 24.2 Å². The molecule has 5 N–H and O–H groups in total. The minimum Gasteiger partial charge on any atom is -0.465 e. The maximum Gasteiger partial charge on any atom is 0.366 e. The first kappa shape index (κ1) is 68.5. The molecule has 6 aliphatic rings. The van der Waals surface area contributed by atoms with Gasteiger partial charge in [0.1, 0.15) is 37.0 Å². The maximum atomic E-state index is 14.4. The van der Waals surface area contributed by atoms with Crippen LogP contribution in [0.5, 0.6) is 0 Å². The summed E-state index contributed by atoms with van der Waals surface area (Å²) in [6.07, 6.45) is -4.73. The predicted octanol–water partition coefficient (Wildman–Crippen LogP) is 5.77. The number of rotatable bonds is 21. The molecule has 0 aliphatic carbocycles. The highest BCUT2D eigenvalue weighted by Crippen LogP contribution is 2.46. The van der Waals surface area contributed by atoms with Crippen molar-refractivity contribution in [3.63, 3.8) is 0 Å². The Kier molecular flexibility index (Phi) is 26.5. The van der Waals surface area contributed by atoms with E-state index in [1.54, 1.807) is 13.8 Å². The van der Waals surface area contributed by atoms with Crippen molar-refractivity contribution in [2.24, 2.45) is 52.1 Å². The smallest absolute Gasteiger partial charge is 0.366 e. The van der Waals surface area contributed by atoms with Crippen LogP contribution in [0.3, 0.4) is 0 Å². The molecular weight excluding hydrogens is 1030 g/mol. The van der Waals surface area contributed by atoms with Crippen LogP contribution < -0.4 is 11.5 Å². The lowest BCUT2D eigenvalue weighted by atomic mass is 9.79. The van der Waals surface area contributed by atoms with E-state index in [9.17, 15) is 14.7 Å². The fraction of sp³-hybridized carbons (Fsp3) is 0.927. The van der Waals surface area contributed by atoms with Crippen LogP contribution in [0.25, 0.3) is 10.4 Å². The zero-order valence-electron chi connectivity index (χ0n) is 49.8. The summed E-state index contributed by atoms with van der Waals surface area (Å²) < 4.78 is 89.3. The Bertz CT molecular complexity index is 1960. The quantitative estimate of drug-likeness (QED) is 0.0307. The summed E-state index contributed by atoms with van der Waals surface area (Å²) in [6.45, 7) is 27.1. The fourth-order valence-electron chi connectivity index (χ4n) is 11.5. The van der Waals surface area contributed by atoms with E-state index in [0.717, 1.165) is 31.8 Å². The number of hydrogen-bond acceptors (Lipinski definition) is 22. The number of nitrogens with two attached hydrogens (primary N) is 2. The Balaban J connectivity index is 0.00000214.